The molecule has 0 fully saturated rings. The molecule has 0 aromatic rings. The maximum atomic E-state index is 12.1. The van der Waals surface area contributed by atoms with E-state index in [1.807, 2.05) is 0 Å². The van der Waals surface area contributed by atoms with E-state index in [-0.39, 0.29) is 6.42 Å². The van der Waals surface area contributed by atoms with Gasteiger partial charge < -0.3 is 10.4 Å². The van der Waals surface area contributed by atoms with Crippen LogP contribution in [0.4, 0.5) is 0 Å². The number of thioether (sulfide) groups is 1. The molecule has 0 aliphatic carbocycles. The summed E-state index contributed by atoms with van der Waals surface area (Å²) in [4.78, 5) is 34.8. The van der Waals surface area contributed by atoms with Crippen molar-refractivity contribution in [3.05, 3.63) is 34.9 Å². The molecule has 0 saturated carbocycles. The van der Waals surface area contributed by atoms with Gasteiger partial charge >= 0.3 is 5.97 Å². The zero-order chi connectivity index (χ0) is 23.8. The summed E-state index contributed by atoms with van der Waals surface area (Å²) < 4.78 is 0. The van der Waals surface area contributed by atoms with Crippen molar-refractivity contribution in [3.63, 3.8) is 0 Å². The Hall–Kier alpha value is -2.06. The van der Waals surface area contributed by atoms with Crippen molar-refractivity contribution in [2.24, 2.45) is 11.8 Å². The van der Waals surface area contributed by atoms with Gasteiger partial charge in [0, 0.05) is 17.4 Å². The predicted molar refractivity (Wildman–Crippen MR) is 128 cm³/mol. The van der Waals surface area contributed by atoms with Crippen molar-refractivity contribution < 1.29 is 19.5 Å². The molecular weight excluding hydrogens is 414 g/mol. The first-order valence-corrected chi connectivity index (χ1v) is 11.8. The van der Waals surface area contributed by atoms with Crippen LogP contribution >= 0.6 is 11.8 Å². The molecule has 2 atom stereocenters. The van der Waals surface area contributed by atoms with E-state index >= 15 is 0 Å². The van der Waals surface area contributed by atoms with Crippen molar-refractivity contribution >= 4 is 29.5 Å². The van der Waals surface area contributed by atoms with Gasteiger partial charge in [0.2, 0.25) is 5.91 Å². The van der Waals surface area contributed by atoms with Gasteiger partial charge in [-0.1, -0.05) is 41.9 Å². The Kier molecular flexibility index (Phi) is 15.5. The molecule has 0 aliphatic rings. The molecule has 176 valence electrons. The highest BCUT2D eigenvalue weighted by molar-refractivity contribution is 7.99. The smallest absolute Gasteiger partial charge is 0.304 e. The first kappa shape index (κ1) is 28.9. The number of hydrazine groups is 1. The van der Waals surface area contributed by atoms with Gasteiger partial charge in [0.25, 0.3) is 5.91 Å². The van der Waals surface area contributed by atoms with E-state index in [4.69, 9.17) is 10.9 Å². The lowest BCUT2D eigenvalue weighted by Gasteiger charge is -2.18. The van der Waals surface area contributed by atoms with Gasteiger partial charge in [0.15, 0.2) is 0 Å². The summed E-state index contributed by atoms with van der Waals surface area (Å²) >= 11 is 1.51. The minimum absolute atomic E-state index is 0.291. The Morgan fingerprint density at radius 2 is 1.55 bits per heavy atom. The van der Waals surface area contributed by atoms with Crippen LogP contribution in [0.25, 0.3) is 0 Å². The topological polar surface area (TPSA) is 122 Å². The Morgan fingerprint density at radius 1 is 0.968 bits per heavy atom. The summed E-state index contributed by atoms with van der Waals surface area (Å²) in [6.07, 6.45) is 10.5. The molecule has 7 nitrogen and oxygen atoms in total. The first-order chi connectivity index (χ1) is 14.6. The third-order valence-electron chi connectivity index (χ3n) is 4.66. The molecule has 0 bridgehead atoms. The SMILES string of the molecule is CC(C)=CCC/C(C)=C/CC/C(C)=C/CSC[C@H](NC(=O)[C@H](C)CC(=O)O)C(=O)NN. The minimum atomic E-state index is -1.06. The molecule has 0 aromatic carbocycles. The Bertz CT molecular complexity index is 682. The number of carboxylic acids is 1. The normalized spacial score (nSPS) is 13.9. The van der Waals surface area contributed by atoms with E-state index in [9.17, 15) is 14.4 Å². The molecule has 31 heavy (non-hydrogen) atoms. The molecule has 0 spiro atoms. The Morgan fingerprint density at radius 3 is 2.10 bits per heavy atom. The van der Waals surface area contributed by atoms with Gasteiger partial charge in [-0.2, -0.15) is 11.8 Å². The van der Waals surface area contributed by atoms with E-state index in [2.05, 4.69) is 56.7 Å². The van der Waals surface area contributed by atoms with Crippen molar-refractivity contribution in [2.75, 3.05) is 11.5 Å². The van der Waals surface area contributed by atoms with Crippen molar-refractivity contribution in [3.8, 4) is 0 Å². The lowest BCUT2D eigenvalue weighted by Crippen LogP contribution is -2.51. The van der Waals surface area contributed by atoms with E-state index in [1.165, 1.54) is 35.4 Å². The maximum Gasteiger partial charge on any atom is 0.304 e. The van der Waals surface area contributed by atoms with E-state index < -0.39 is 29.7 Å². The second-order valence-electron chi connectivity index (χ2n) is 8.07. The van der Waals surface area contributed by atoms with E-state index in [0.29, 0.717) is 11.5 Å². The van der Waals surface area contributed by atoms with Gasteiger partial charge in [0.1, 0.15) is 6.04 Å². The highest BCUT2D eigenvalue weighted by Gasteiger charge is 2.24. The summed E-state index contributed by atoms with van der Waals surface area (Å²) in [5.74, 6) is 3.50. The minimum Gasteiger partial charge on any atom is -0.481 e. The fraction of sp³-hybridized carbons (Fsp3) is 0.609. The third-order valence-corrected chi connectivity index (χ3v) is 5.63. The first-order valence-electron chi connectivity index (χ1n) is 10.6. The number of carbonyl (C=O) groups excluding carboxylic acids is 2. The molecule has 0 unspecified atom stereocenters. The van der Waals surface area contributed by atoms with Gasteiger partial charge in [-0.05, 0) is 53.4 Å². The van der Waals surface area contributed by atoms with Crippen molar-refractivity contribution in [2.45, 2.75) is 72.8 Å². The van der Waals surface area contributed by atoms with Crippen LogP contribution in [0.1, 0.15) is 66.7 Å². The zero-order valence-electron chi connectivity index (χ0n) is 19.5. The second kappa shape index (κ2) is 16.6. The third kappa shape index (κ3) is 15.4. The fourth-order valence-electron chi connectivity index (χ4n) is 2.68. The highest BCUT2D eigenvalue weighted by atomic mass is 32.2. The highest BCUT2D eigenvalue weighted by Crippen LogP contribution is 2.13. The molecule has 5 N–H and O–H groups in total. The lowest BCUT2D eigenvalue weighted by molar-refractivity contribution is -0.141. The largest absolute Gasteiger partial charge is 0.481 e. The van der Waals surface area contributed by atoms with Crippen molar-refractivity contribution in [1.29, 1.82) is 0 Å². The van der Waals surface area contributed by atoms with Gasteiger partial charge in [-0.15, -0.1) is 0 Å². The molecule has 0 rings (SSSR count). The van der Waals surface area contributed by atoms with Crippen LogP contribution in [0, 0.1) is 5.92 Å². The van der Waals surface area contributed by atoms with Gasteiger partial charge in [0.05, 0.1) is 6.42 Å². The second-order valence-corrected chi connectivity index (χ2v) is 9.14. The van der Waals surface area contributed by atoms with Gasteiger partial charge in [-0.25, -0.2) is 5.84 Å². The molecule has 2 amide bonds. The van der Waals surface area contributed by atoms with Crippen molar-refractivity contribution in [1.82, 2.24) is 10.7 Å². The van der Waals surface area contributed by atoms with Crippen LogP contribution in [0.5, 0.6) is 0 Å². The molecule has 0 aromatic heterocycles. The lowest BCUT2D eigenvalue weighted by atomic mass is 10.1. The van der Waals surface area contributed by atoms with Crippen LogP contribution in [-0.4, -0.2) is 40.4 Å². The molecule has 0 radical (unpaired) electrons. The standard InChI is InChI=1S/C23H39N3O4S/c1-16(2)8-6-9-17(3)10-7-11-18(4)12-13-31-15-20(23(30)26-24)25-22(29)19(5)14-21(27)28/h8,10,12,19-20H,6-7,9,11,13-15,24H2,1-5H3,(H,25,29)(H,26,30)(H,27,28)/b17-10+,18-12+/t19-,20+/m1/s1. The van der Waals surface area contributed by atoms with Crippen LogP contribution < -0.4 is 16.6 Å². The van der Waals surface area contributed by atoms with Crippen LogP contribution in [0.15, 0.2) is 34.9 Å². The molecule has 0 saturated heterocycles. The number of hydrogen-bond acceptors (Lipinski definition) is 5. The number of carboxylic acid groups (broad SMARTS) is 1. The Labute approximate surface area is 191 Å². The van der Waals surface area contributed by atoms with E-state index in [1.54, 1.807) is 0 Å². The van der Waals surface area contributed by atoms with Crippen LogP contribution in [0.3, 0.4) is 0 Å². The number of nitrogens with two attached hydrogens (primary N) is 1. The number of aliphatic carboxylic acids is 1. The zero-order valence-corrected chi connectivity index (χ0v) is 20.3. The molecule has 0 heterocycles. The summed E-state index contributed by atoms with van der Waals surface area (Å²) in [5, 5.41) is 11.4. The number of allylic oxidation sites excluding steroid dienone is 5. The number of rotatable bonds is 15. The Balaban J connectivity index is 4.43. The quantitative estimate of drug-likeness (QED) is 0.0985. The fourth-order valence-corrected chi connectivity index (χ4v) is 3.69. The average Bonchev–Trinajstić information content (AvgIpc) is 2.68. The summed E-state index contributed by atoms with van der Waals surface area (Å²) in [6, 6.07) is -0.807. The maximum absolute atomic E-state index is 12.1. The molecular formula is C23H39N3O4S. The number of carbonyl (C=O) groups is 3. The molecule has 0 aliphatic heterocycles. The average molecular weight is 454 g/mol. The summed E-state index contributed by atoms with van der Waals surface area (Å²) in [7, 11) is 0. The number of hydrogen-bond donors (Lipinski definition) is 4. The van der Waals surface area contributed by atoms with E-state index in [0.717, 1.165) is 25.7 Å². The molecule has 8 heteroatoms. The predicted octanol–water partition coefficient (Wildman–Crippen LogP) is 3.72. The van der Waals surface area contributed by atoms with Crippen LogP contribution in [-0.2, 0) is 14.4 Å². The summed E-state index contributed by atoms with van der Waals surface area (Å²) in [6.45, 7) is 10.00. The number of amides is 2. The van der Waals surface area contributed by atoms with Crippen LogP contribution in [0.2, 0.25) is 0 Å². The monoisotopic (exact) mass is 453 g/mol. The number of nitrogens with one attached hydrogen (secondary N) is 2. The van der Waals surface area contributed by atoms with Gasteiger partial charge in [-0.3, -0.25) is 19.8 Å². The summed E-state index contributed by atoms with van der Waals surface area (Å²) in [5.41, 5.74) is 6.08.